The van der Waals surface area contributed by atoms with Crippen LogP contribution >= 0.6 is 0 Å². The summed E-state index contributed by atoms with van der Waals surface area (Å²) >= 11 is 0. The van der Waals surface area contributed by atoms with E-state index in [1.807, 2.05) is 36.2 Å². The third-order valence-corrected chi connectivity index (χ3v) is 6.40. The van der Waals surface area contributed by atoms with Crippen LogP contribution in [0.5, 0.6) is 0 Å². The smallest absolute Gasteiger partial charge is 0.272 e. The third kappa shape index (κ3) is 3.22. The zero-order valence-corrected chi connectivity index (χ0v) is 17.3. The molecule has 1 aromatic carbocycles. The number of amides is 1. The van der Waals surface area contributed by atoms with Crippen LogP contribution in [-0.2, 0) is 0 Å². The first-order valence-corrected chi connectivity index (χ1v) is 10.4. The predicted octanol–water partition coefficient (Wildman–Crippen LogP) is 3.44. The summed E-state index contributed by atoms with van der Waals surface area (Å²) < 4.78 is 0. The standard InChI is InChI=1S/C24H25N5O/c1-16-7-3-4-8-19(16)23-20-15-28(22-10-12-25-17(2)27-22)13-18(20)14-29(23)24(30)21-9-5-6-11-26-21/h3-12,18,20,23H,13-15H2,1-2H3/t18-,20-,23+/m0/s1. The molecule has 0 aliphatic carbocycles. The lowest BCUT2D eigenvalue weighted by Crippen LogP contribution is -2.36. The van der Waals surface area contributed by atoms with Gasteiger partial charge in [0.05, 0.1) is 6.04 Å². The van der Waals surface area contributed by atoms with Gasteiger partial charge in [-0.1, -0.05) is 30.3 Å². The second-order valence-corrected chi connectivity index (χ2v) is 8.26. The molecule has 2 aliphatic heterocycles. The highest BCUT2D eigenvalue weighted by molar-refractivity contribution is 5.93. The van der Waals surface area contributed by atoms with E-state index in [0.29, 0.717) is 17.5 Å². The maximum atomic E-state index is 13.4. The molecule has 2 aromatic heterocycles. The molecule has 4 heterocycles. The van der Waals surface area contributed by atoms with Gasteiger partial charge in [-0.2, -0.15) is 0 Å². The molecular weight excluding hydrogens is 374 g/mol. The Labute approximate surface area is 176 Å². The molecule has 30 heavy (non-hydrogen) atoms. The Bertz CT molecular complexity index is 1070. The van der Waals surface area contributed by atoms with Gasteiger partial charge in [0.1, 0.15) is 17.3 Å². The van der Waals surface area contributed by atoms with Crippen LogP contribution in [0.15, 0.2) is 60.9 Å². The summed E-state index contributed by atoms with van der Waals surface area (Å²) in [6, 6.07) is 16.0. The van der Waals surface area contributed by atoms with Crippen molar-refractivity contribution in [3.8, 4) is 0 Å². The Balaban J connectivity index is 1.49. The van der Waals surface area contributed by atoms with E-state index in [1.165, 1.54) is 11.1 Å². The molecule has 6 heteroatoms. The van der Waals surface area contributed by atoms with E-state index in [2.05, 4.69) is 51.0 Å². The highest BCUT2D eigenvalue weighted by atomic mass is 16.2. The van der Waals surface area contributed by atoms with Gasteiger partial charge < -0.3 is 9.80 Å². The van der Waals surface area contributed by atoms with Gasteiger partial charge in [0.15, 0.2) is 0 Å². The van der Waals surface area contributed by atoms with Crippen molar-refractivity contribution in [3.05, 3.63) is 83.6 Å². The molecule has 0 bridgehead atoms. The van der Waals surface area contributed by atoms with Crippen LogP contribution in [0.25, 0.3) is 0 Å². The number of hydrogen-bond donors (Lipinski definition) is 0. The number of anilines is 1. The van der Waals surface area contributed by atoms with Crippen molar-refractivity contribution in [2.24, 2.45) is 11.8 Å². The third-order valence-electron chi connectivity index (χ3n) is 6.40. The number of nitrogens with zero attached hydrogens (tertiary/aromatic N) is 5. The lowest BCUT2D eigenvalue weighted by Gasteiger charge is -2.31. The number of fused-ring (bicyclic) bond motifs is 1. The SMILES string of the molecule is Cc1nccc(N2C[C@H]3CN(C(=O)c4ccccn4)[C@H](c4ccccc4C)[C@H]3C2)n1. The van der Waals surface area contributed by atoms with Crippen LogP contribution in [0.2, 0.25) is 0 Å². The van der Waals surface area contributed by atoms with Crippen molar-refractivity contribution in [1.29, 1.82) is 0 Å². The molecule has 0 unspecified atom stereocenters. The van der Waals surface area contributed by atoms with Crippen LogP contribution in [0, 0.1) is 25.7 Å². The van der Waals surface area contributed by atoms with Crippen LogP contribution in [0.3, 0.4) is 0 Å². The van der Waals surface area contributed by atoms with Crippen molar-refractivity contribution in [1.82, 2.24) is 19.9 Å². The van der Waals surface area contributed by atoms with Gasteiger partial charge in [-0.25, -0.2) is 9.97 Å². The number of aryl methyl sites for hydroxylation is 2. The van der Waals surface area contributed by atoms with E-state index in [0.717, 1.165) is 31.3 Å². The number of benzene rings is 1. The number of pyridine rings is 1. The largest absolute Gasteiger partial charge is 0.356 e. The van der Waals surface area contributed by atoms with Gasteiger partial charge in [0.2, 0.25) is 0 Å². The molecule has 152 valence electrons. The molecule has 2 aliphatic rings. The van der Waals surface area contributed by atoms with Crippen molar-refractivity contribution >= 4 is 11.7 Å². The van der Waals surface area contributed by atoms with Crippen LogP contribution in [0.1, 0.15) is 33.5 Å². The van der Waals surface area contributed by atoms with E-state index in [9.17, 15) is 4.79 Å². The number of aromatic nitrogens is 3. The van der Waals surface area contributed by atoms with E-state index >= 15 is 0 Å². The summed E-state index contributed by atoms with van der Waals surface area (Å²) in [5, 5.41) is 0. The van der Waals surface area contributed by atoms with E-state index in [4.69, 9.17) is 0 Å². The maximum absolute atomic E-state index is 13.4. The molecule has 3 aromatic rings. The molecular formula is C24H25N5O. The Morgan fingerprint density at radius 2 is 1.77 bits per heavy atom. The Morgan fingerprint density at radius 3 is 2.53 bits per heavy atom. The van der Waals surface area contributed by atoms with Crippen LogP contribution in [-0.4, -0.2) is 45.4 Å². The summed E-state index contributed by atoms with van der Waals surface area (Å²) in [6.45, 7) is 6.57. The molecule has 1 amide bonds. The molecule has 3 atom stereocenters. The molecule has 0 saturated carbocycles. The number of carbonyl (C=O) groups excluding carboxylic acids is 1. The second-order valence-electron chi connectivity index (χ2n) is 8.26. The quantitative estimate of drug-likeness (QED) is 0.675. The Kier molecular flexibility index (Phi) is 4.69. The van der Waals surface area contributed by atoms with Crippen LogP contribution in [0.4, 0.5) is 5.82 Å². The summed E-state index contributed by atoms with van der Waals surface area (Å²) in [4.78, 5) is 31.0. The second kappa shape index (κ2) is 7.52. The van der Waals surface area contributed by atoms with Gasteiger partial charge in [-0.05, 0) is 43.2 Å². The first-order valence-electron chi connectivity index (χ1n) is 10.4. The number of likely N-dealkylation sites (tertiary alicyclic amines) is 1. The van der Waals surface area contributed by atoms with Crippen molar-refractivity contribution in [2.75, 3.05) is 24.5 Å². The van der Waals surface area contributed by atoms with Gasteiger partial charge in [-0.3, -0.25) is 9.78 Å². The zero-order chi connectivity index (χ0) is 20.7. The fourth-order valence-electron chi connectivity index (χ4n) is 5.01. The van der Waals surface area contributed by atoms with Gasteiger partial charge in [0, 0.05) is 43.9 Å². The van der Waals surface area contributed by atoms with Crippen molar-refractivity contribution in [3.63, 3.8) is 0 Å². The minimum absolute atomic E-state index is 0.0164. The summed E-state index contributed by atoms with van der Waals surface area (Å²) in [7, 11) is 0. The predicted molar refractivity (Wildman–Crippen MR) is 115 cm³/mol. The first-order chi connectivity index (χ1) is 14.6. The summed E-state index contributed by atoms with van der Waals surface area (Å²) in [5.74, 6) is 2.53. The topological polar surface area (TPSA) is 62.2 Å². The fraction of sp³-hybridized carbons (Fsp3) is 0.333. The molecule has 2 fully saturated rings. The lowest BCUT2D eigenvalue weighted by molar-refractivity contribution is 0.0709. The fourth-order valence-corrected chi connectivity index (χ4v) is 5.01. The highest BCUT2D eigenvalue weighted by Gasteiger charge is 2.50. The van der Waals surface area contributed by atoms with Crippen LogP contribution < -0.4 is 4.90 Å². The van der Waals surface area contributed by atoms with Gasteiger partial charge >= 0.3 is 0 Å². The zero-order valence-electron chi connectivity index (χ0n) is 17.3. The first kappa shape index (κ1) is 18.7. The molecule has 5 rings (SSSR count). The van der Waals surface area contributed by atoms with E-state index in [-0.39, 0.29) is 11.9 Å². The minimum atomic E-state index is 0.0164. The lowest BCUT2D eigenvalue weighted by atomic mass is 9.87. The monoisotopic (exact) mass is 399 g/mol. The number of rotatable bonds is 3. The average Bonchev–Trinajstić information content (AvgIpc) is 3.33. The molecule has 0 radical (unpaired) electrons. The Morgan fingerprint density at radius 1 is 0.933 bits per heavy atom. The van der Waals surface area contributed by atoms with Gasteiger partial charge in [-0.15, -0.1) is 0 Å². The van der Waals surface area contributed by atoms with E-state index < -0.39 is 0 Å². The van der Waals surface area contributed by atoms with E-state index in [1.54, 1.807) is 12.3 Å². The van der Waals surface area contributed by atoms with Crippen molar-refractivity contribution < 1.29 is 4.79 Å². The molecule has 0 spiro atoms. The van der Waals surface area contributed by atoms with Crippen molar-refractivity contribution in [2.45, 2.75) is 19.9 Å². The molecule has 0 N–H and O–H groups in total. The highest BCUT2D eigenvalue weighted by Crippen LogP contribution is 2.46. The molecule has 6 nitrogen and oxygen atoms in total. The Hall–Kier alpha value is -3.28. The maximum Gasteiger partial charge on any atom is 0.272 e. The normalized spacial score (nSPS) is 22.9. The average molecular weight is 399 g/mol. The van der Waals surface area contributed by atoms with Gasteiger partial charge in [0.25, 0.3) is 5.91 Å². The number of carbonyl (C=O) groups is 1. The number of hydrogen-bond acceptors (Lipinski definition) is 5. The summed E-state index contributed by atoms with van der Waals surface area (Å²) in [5.41, 5.74) is 2.97. The molecule has 2 saturated heterocycles. The summed E-state index contributed by atoms with van der Waals surface area (Å²) in [6.07, 6.45) is 3.51. The minimum Gasteiger partial charge on any atom is -0.356 e.